The maximum atomic E-state index is 11.5. The fourth-order valence-corrected chi connectivity index (χ4v) is 4.09. The van der Waals surface area contributed by atoms with Crippen LogP contribution < -0.4 is 4.74 Å². The molecule has 1 aromatic heterocycles. The van der Waals surface area contributed by atoms with Gasteiger partial charge in [0.1, 0.15) is 11.3 Å². The van der Waals surface area contributed by atoms with Crippen LogP contribution in [-0.4, -0.2) is 23.4 Å². The van der Waals surface area contributed by atoms with Gasteiger partial charge < -0.3 is 9.84 Å². The average molecular weight is 372 g/mol. The monoisotopic (exact) mass is 372 g/mol. The smallest absolute Gasteiger partial charge is 0.121 e. The highest BCUT2D eigenvalue weighted by Gasteiger charge is 2.40. The summed E-state index contributed by atoms with van der Waals surface area (Å²) in [5.74, 6) is 0.813. The Bertz CT molecular complexity index is 1070. The van der Waals surface area contributed by atoms with E-state index < -0.39 is 11.1 Å². The van der Waals surface area contributed by atoms with Crippen LogP contribution in [0.4, 0.5) is 0 Å². The molecule has 2 heterocycles. The van der Waals surface area contributed by atoms with E-state index in [1.807, 2.05) is 74.8 Å². The van der Waals surface area contributed by atoms with Crippen molar-refractivity contribution in [3.05, 3.63) is 83.6 Å². The molecule has 4 nitrogen and oxygen atoms in total. The summed E-state index contributed by atoms with van der Waals surface area (Å²) >= 11 is 0. The fourth-order valence-electron chi connectivity index (χ4n) is 4.09. The molecule has 0 saturated carbocycles. The zero-order valence-electron chi connectivity index (χ0n) is 16.4. The maximum absolute atomic E-state index is 11.5. The molecule has 0 amide bonds. The zero-order chi connectivity index (χ0) is 19.8. The number of benzene rings is 2. The third-order valence-electron chi connectivity index (χ3n) is 5.51. The van der Waals surface area contributed by atoms with E-state index in [0.29, 0.717) is 6.42 Å². The SMILES string of the molecule is COc1ccc(C(C)(O)CC2(c3ccnc4ccccc34)C=CC=N2)cc1C. The maximum Gasteiger partial charge on any atom is 0.121 e. The van der Waals surface area contributed by atoms with Crippen LogP contribution >= 0.6 is 0 Å². The number of fused-ring (bicyclic) bond motifs is 1. The molecule has 0 saturated heterocycles. The van der Waals surface area contributed by atoms with Gasteiger partial charge in [-0.2, -0.15) is 0 Å². The highest BCUT2D eigenvalue weighted by atomic mass is 16.5. The second-order valence-electron chi connectivity index (χ2n) is 7.57. The van der Waals surface area contributed by atoms with Crippen molar-refractivity contribution >= 4 is 17.1 Å². The Morgan fingerprint density at radius 3 is 2.68 bits per heavy atom. The summed E-state index contributed by atoms with van der Waals surface area (Å²) in [7, 11) is 1.65. The first-order valence-electron chi connectivity index (χ1n) is 9.40. The molecule has 4 rings (SSSR count). The molecule has 1 aliphatic heterocycles. The molecule has 0 spiro atoms. The number of aliphatic imine (C=N–C) groups is 1. The Morgan fingerprint density at radius 1 is 1.14 bits per heavy atom. The highest BCUT2D eigenvalue weighted by molar-refractivity contribution is 5.85. The molecular formula is C24H24N2O2. The van der Waals surface area contributed by atoms with Gasteiger partial charge in [-0.3, -0.25) is 9.98 Å². The highest BCUT2D eigenvalue weighted by Crippen LogP contribution is 2.44. The van der Waals surface area contributed by atoms with Crippen molar-refractivity contribution in [2.75, 3.05) is 7.11 Å². The predicted molar refractivity (Wildman–Crippen MR) is 113 cm³/mol. The number of rotatable bonds is 5. The molecule has 0 bridgehead atoms. The topological polar surface area (TPSA) is 54.7 Å². The van der Waals surface area contributed by atoms with Crippen molar-refractivity contribution in [3.63, 3.8) is 0 Å². The standard InChI is InChI=1S/C24H24N2O2/c1-17-15-18(9-10-22(17)28-3)23(2,27)16-24(12-6-13-26-24)20-11-14-25-21-8-5-4-7-19(20)21/h4-15,27H,16H2,1-3H3. The number of nitrogens with zero attached hydrogens (tertiary/aromatic N) is 2. The summed E-state index contributed by atoms with van der Waals surface area (Å²) in [6.45, 7) is 3.83. The molecule has 2 atom stereocenters. The van der Waals surface area contributed by atoms with E-state index in [0.717, 1.165) is 33.3 Å². The van der Waals surface area contributed by atoms with E-state index in [1.165, 1.54) is 0 Å². The third kappa shape index (κ3) is 3.10. The van der Waals surface area contributed by atoms with Crippen molar-refractivity contribution in [2.24, 2.45) is 4.99 Å². The Balaban J connectivity index is 1.79. The Hall–Kier alpha value is -2.98. The Kier molecular flexibility index (Phi) is 4.52. The number of pyridine rings is 1. The summed E-state index contributed by atoms with van der Waals surface area (Å²) < 4.78 is 5.36. The van der Waals surface area contributed by atoms with E-state index in [2.05, 4.69) is 17.1 Å². The van der Waals surface area contributed by atoms with E-state index in [4.69, 9.17) is 9.73 Å². The van der Waals surface area contributed by atoms with Gasteiger partial charge in [0.05, 0.1) is 18.2 Å². The van der Waals surface area contributed by atoms with Crippen LogP contribution in [0, 0.1) is 6.92 Å². The van der Waals surface area contributed by atoms with Crippen LogP contribution in [0.15, 0.2) is 71.9 Å². The predicted octanol–water partition coefficient (Wildman–Crippen LogP) is 4.69. The molecule has 4 heteroatoms. The molecule has 2 unspecified atom stereocenters. The number of ether oxygens (including phenoxy) is 1. The molecule has 0 radical (unpaired) electrons. The van der Waals surface area contributed by atoms with E-state index >= 15 is 0 Å². The largest absolute Gasteiger partial charge is 0.496 e. The molecule has 0 fully saturated rings. The lowest BCUT2D eigenvalue weighted by atomic mass is 9.77. The summed E-state index contributed by atoms with van der Waals surface area (Å²) in [5.41, 5.74) is 2.10. The van der Waals surface area contributed by atoms with Crippen LogP contribution in [0.25, 0.3) is 10.9 Å². The molecule has 2 aromatic carbocycles. The van der Waals surface area contributed by atoms with Gasteiger partial charge in [0.15, 0.2) is 0 Å². The average Bonchev–Trinajstić information content (AvgIpc) is 3.16. The number of aliphatic hydroxyl groups is 1. The lowest BCUT2D eigenvalue weighted by molar-refractivity contribution is 0.0310. The third-order valence-corrected chi connectivity index (χ3v) is 5.51. The number of aromatic nitrogens is 1. The van der Waals surface area contributed by atoms with Gasteiger partial charge in [0.25, 0.3) is 0 Å². The minimum atomic E-state index is -1.08. The van der Waals surface area contributed by atoms with Gasteiger partial charge in [-0.25, -0.2) is 0 Å². The van der Waals surface area contributed by atoms with Gasteiger partial charge >= 0.3 is 0 Å². The molecule has 1 N–H and O–H groups in total. The molecule has 1 aliphatic rings. The second kappa shape index (κ2) is 6.88. The van der Waals surface area contributed by atoms with Crippen molar-refractivity contribution in [1.82, 2.24) is 4.98 Å². The number of allylic oxidation sites excluding steroid dienone is 1. The first-order valence-corrected chi connectivity index (χ1v) is 9.40. The second-order valence-corrected chi connectivity index (χ2v) is 7.57. The number of hydrogen-bond donors (Lipinski definition) is 1. The number of aryl methyl sites for hydroxylation is 1. The van der Waals surface area contributed by atoms with Crippen LogP contribution in [0.5, 0.6) is 5.75 Å². The first kappa shape index (κ1) is 18.4. The van der Waals surface area contributed by atoms with Crippen LogP contribution in [0.3, 0.4) is 0 Å². The van der Waals surface area contributed by atoms with Gasteiger partial charge in [-0.15, -0.1) is 0 Å². The van der Waals surface area contributed by atoms with Crippen LogP contribution in [0.2, 0.25) is 0 Å². The summed E-state index contributed by atoms with van der Waals surface area (Å²) in [4.78, 5) is 9.28. The lowest BCUT2D eigenvalue weighted by Crippen LogP contribution is -2.33. The van der Waals surface area contributed by atoms with Crippen molar-refractivity contribution in [1.29, 1.82) is 0 Å². The number of hydrogen-bond acceptors (Lipinski definition) is 4. The quantitative estimate of drug-likeness (QED) is 0.707. The summed E-state index contributed by atoms with van der Waals surface area (Å²) in [6.07, 6.45) is 8.06. The van der Waals surface area contributed by atoms with Crippen LogP contribution in [0.1, 0.15) is 30.0 Å². The minimum Gasteiger partial charge on any atom is -0.496 e. The van der Waals surface area contributed by atoms with E-state index in [9.17, 15) is 5.11 Å². The van der Waals surface area contributed by atoms with Crippen molar-refractivity contribution < 1.29 is 9.84 Å². The fraction of sp³-hybridized carbons (Fsp3) is 0.250. The summed E-state index contributed by atoms with van der Waals surface area (Å²) in [5, 5.41) is 12.5. The number of methoxy groups -OCH3 is 1. The molecule has 0 aliphatic carbocycles. The van der Waals surface area contributed by atoms with Crippen LogP contribution in [-0.2, 0) is 11.1 Å². The van der Waals surface area contributed by atoms with Gasteiger partial charge in [0, 0.05) is 24.2 Å². The molecule has 28 heavy (non-hydrogen) atoms. The molecular weight excluding hydrogens is 348 g/mol. The van der Waals surface area contributed by atoms with E-state index in [1.54, 1.807) is 7.11 Å². The number of para-hydroxylation sites is 1. The minimum absolute atomic E-state index is 0.423. The van der Waals surface area contributed by atoms with Gasteiger partial charge in [-0.05, 0) is 60.9 Å². The summed E-state index contributed by atoms with van der Waals surface area (Å²) in [6, 6.07) is 15.9. The van der Waals surface area contributed by atoms with Gasteiger partial charge in [0.2, 0.25) is 0 Å². The zero-order valence-corrected chi connectivity index (χ0v) is 16.4. The molecule has 142 valence electrons. The Morgan fingerprint density at radius 2 is 1.96 bits per heavy atom. The van der Waals surface area contributed by atoms with Crippen molar-refractivity contribution in [2.45, 2.75) is 31.4 Å². The van der Waals surface area contributed by atoms with Gasteiger partial charge in [-0.1, -0.05) is 30.3 Å². The normalized spacial score (nSPS) is 20.4. The molecule has 3 aromatic rings. The lowest BCUT2D eigenvalue weighted by Gasteiger charge is -2.35. The van der Waals surface area contributed by atoms with E-state index in [-0.39, 0.29) is 0 Å². The van der Waals surface area contributed by atoms with Crippen molar-refractivity contribution in [3.8, 4) is 5.75 Å². The Labute approximate surface area is 165 Å². The first-order chi connectivity index (χ1) is 13.5.